The highest BCUT2D eigenvalue weighted by Gasteiger charge is 2.57. The molecule has 0 unspecified atom stereocenters. The molecule has 0 aromatic carbocycles. The SMILES string of the molecule is CCC[C@H]1C[C@]2(C)C3=C(CCC3)CC[N@@+]2(C)C1. The van der Waals surface area contributed by atoms with Crippen molar-refractivity contribution in [1.82, 2.24) is 0 Å². The van der Waals surface area contributed by atoms with Crippen LogP contribution in [-0.4, -0.2) is 30.2 Å². The minimum Gasteiger partial charge on any atom is -0.317 e. The van der Waals surface area contributed by atoms with E-state index < -0.39 is 0 Å². The molecule has 1 saturated heterocycles. The Morgan fingerprint density at radius 3 is 2.88 bits per heavy atom. The van der Waals surface area contributed by atoms with Gasteiger partial charge in [-0.15, -0.1) is 0 Å². The van der Waals surface area contributed by atoms with Gasteiger partial charge in [0.15, 0.2) is 0 Å². The molecule has 1 nitrogen and oxygen atoms in total. The number of fused-ring (bicyclic) bond motifs is 2. The fourth-order valence-electron chi connectivity index (χ4n) is 5.12. The van der Waals surface area contributed by atoms with E-state index in [2.05, 4.69) is 20.9 Å². The van der Waals surface area contributed by atoms with Gasteiger partial charge in [0.05, 0.1) is 20.1 Å². The molecule has 0 N–H and O–H groups in total. The Morgan fingerprint density at radius 2 is 2.12 bits per heavy atom. The first-order chi connectivity index (χ1) is 8.09. The number of likely N-dealkylation sites (N-methyl/N-ethyl adjacent to an activating group) is 1. The third-order valence-electron chi connectivity index (χ3n) is 6.13. The molecule has 2 heterocycles. The third kappa shape index (κ3) is 1.54. The molecular formula is C16H28N+. The summed E-state index contributed by atoms with van der Waals surface area (Å²) in [6.45, 7) is 7.79. The zero-order valence-electron chi connectivity index (χ0n) is 11.9. The average Bonchev–Trinajstić information content (AvgIpc) is 2.82. The quantitative estimate of drug-likeness (QED) is 0.502. The van der Waals surface area contributed by atoms with Crippen molar-refractivity contribution in [3.8, 4) is 0 Å². The van der Waals surface area contributed by atoms with E-state index in [0.29, 0.717) is 5.54 Å². The van der Waals surface area contributed by atoms with E-state index in [9.17, 15) is 0 Å². The van der Waals surface area contributed by atoms with Gasteiger partial charge in [-0.05, 0) is 38.2 Å². The second-order valence-electron chi connectivity index (χ2n) is 7.12. The molecular weight excluding hydrogens is 206 g/mol. The number of hydrogen-bond donors (Lipinski definition) is 0. The monoisotopic (exact) mass is 234 g/mol. The molecule has 3 aliphatic rings. The highest BCUT2D eigenvalue weighted by molar-refractivity contribution is 5.31. The van der Waals surface area contributed by atoms with Crippen molar-refractivity contribution in [2.75, 3.05) is 20.1 Å². The van der Waals surface area contributed by atoms with Crippen LogP contribution in [0.25, 0.3) is 0 Å². The van der Waals surface area contributed by atoms with Gasteiger partial charge in [0.1, 0.15) is 5.54 Å². The topological polar surface area (TPSA) is 0 Å². The standard InChI is InChI=1S/C16H28N/c1-4-6-13-11-16(2)15-8-5-7-14(15)9-10-17(16,3)12-13/h13H,4-12H2,1-3H3/q+1/t13-,16+,17-/m0/s1. The summed E-state index contributed by atoms with van der Waals surface area (Å²) in [4.78, 5) is 0. The maximum absolute atomic E-state index is 2.59. The lowest BCUT2D eigenvalue weighted by Gasteiger charge is -2.48. The summed E-state index contributed by atoms with van der Waals surface area (Å²) >= 11 is 0. The Balaban J connectivity index is 1.94. The van der Waals surface area contributed by atoms with Crippen molar-refractivity contribution < 1.29 is 4.48 Å². The average molecular weight is 234 g/mol. The number of quaternary nitrogens is 1. The highest BCUT2D eigenvalue weighted by Crippen LogP contribution is 2.53. The first-order valence-electron chi connectivity index (χ1n) is 7.65. The number of rotatable bonds is 2. The Labute approximate surface area is 106 Å². The van der Waals surface area contributed by atoms with Gasteiger partial charge in [0, 0.05) is 18.8 Å². The number of hydrogen-bond acceptors (Lipinski definition) is 0. The van der Waals surface area contributed by atoms with Crippen LogP contribution in [0.4, 0.5) is 0 Å². The molecule has 1 heteroatoms. The minimum atomic E-state index is 0.518. The predicted octanol–water partition coefficient (Wildman–Crippen LogP) is 3.90. The Bertz CT molecular complexity index is 357. The normalized spacial score (nSPS) is 45.0. The first kappa shape index (κ1) is 11.8. The van der Waals surface area contributed by atoms with Crippen LogP contribution in [0.15, 0.2) is 11.1 Å². The van der Waals surface area contributed by atoms with Crippen LogP contribution in [0, 0.1) is 5.92 Å². The Morgan fingerprint density at radius 1 is 1.29 bits per heavy atom. The van der Waals surface area contributed by atoms with Gasteiger partial charge < -0.3 is 4.48 Å². The minimum absolute atomic E-state index is 0.518. The molecule has 0 aromatic heterocycles. The molecule has 96 valence electrons. The van der Waals surface area contributed by atoms with E-state index in [1.54, 1.807) is 0 Å². The van der Waals surface area contributed by atoms with Crippen LogP contribution in [0.5, 0.6) is 0 Å². The highest BCUT2D eigenvalue weighted by atomic mass is 15.4. The lowest BCUT2D eigenvalue weighted by atomic mass is 9.79. The van der Waals surface area contributed by atoms with Crippen molar-refractivity contribution in [3.63, 3.8) is 0 Å². The Hall–Kier alpha value is -0.300. The summed E-state index contributed by atoms with van der Waals surface area (Å²) in [7, 11) is 2.54. The van der Waals surface area contributed by atoms with E-state index in [-0.39, 0.29) is 0 Å². The molecule has 17 heavy (non-hydrogen) atoms. The zero-order chi connectivity index (χ0) is 12.1. The lowest BCUT2D eigenvalue weighted by molar-refractivity contribution is -0.941. The molecule has 3 rings (SSSR count). The molecule has 0 aromatic rings. The second kappa shape index (κ2) is 3.85. The lowest BCUT2D eigenvalue weighted by Crippen LogP contribution is -2.59. The van der Waals surface area contributed by atoms with Gasteiger partial charge in [-0.2, -0.15) is 0 Å². The largest absolute Gasteiger partial charge is 0.317 e. The maximum Gasteiger partial charge on any atom is 0.118 e. The van der Waals surface area contributed by atoms with Gasteiger partial charge in [-0.1, -0.05) is 18.9 Å². The van der Waals surface area contributed by atoms with Gasteiger partial charge in [-0.3, -0.25) is 0 Å². The summed E-state index contributed by atoms with van der Waals surface area (Å²) < 4.78 is 1.36. The molecule has 0 spiro atoms. The van der Waals surface area contributed by atoms with Gasteiger partial charge in [0.25, 0.3) is 0 Å². The fourth-order valence-corrected chi connectivity index (χ4v) is 5.12. The third-order valence-corrected chi connectivity index (χ3v) is 6.13. The van der Waals surface area contributed by atoms with Gasteiger partial charge in [-0.25, -0.2) is 0 Å². The van der Waals surface area contributed by atoms with E-state index in [0.717, 1.165) is 5.92 Å². The molecule has 2 aliphatic heterocycles. The van der Waals surface area contributed by atoms with Crippen LogP contribution >= 0.6 is 0 Å². The summed E-state index contributed by atoms with van der Waals surface area (Å²) in [6.07, 6.45) is 9.97. The molecule has 0 saturated carbocycles. The molecule has 3 atom stereocenters. The molecule has 1 fully saturated rings. The molecule has 0 radical (unpaired) electrons. The molecule has 0 bridgehead atoms. The zero-order valence-corrected chi connectivity index (χ0v) is 11.9. The van der Waals surface area contributed by atoms with Crippen molar-refractivity contribution in [2.45, 2.75) is 64.3 Å². The van der Waals surface area contributed by atoms with Crippen LogP contribution in [0.2, 0.25) is 0 Å². The fraction of sp³-hybridized carbons (Fsp3) is 0.875. The summed E-state index contributed by atoms with van der Waals surface area (Å²) in [6, 6.07) is 0. The van der Waals surface area contributed by atoms with E-state index in [1.807, 2.05) is 11.1 Å². The maximum atomic E-state index is 2.59. The smallest absolute Gasteiger partial charge is 0.118 e. The van der Waals surface area contributed by atoms with Crippen LogP contribution in [0.1, 0.15) is 58.8 Å². The summed E-state index contributed by atoms with van der Waals surface area (Å²) in [5.74, 6) is 0.988. The van der Waals surface area contributed by atoms with E-state index in [1.165, 1.54) is 62.5 Å². The van der Waals surface area contributed by atoms with Crippen LogP contribution < -0.4 is 0 Å². The summed E-state index contributed by atoms with van der Waals surface area (Å²) in [5.41, 5.74) is 4.27. The van der Waals surface area contributed by atoms with E-state index in [4.69, 9.17) is 0 Å². The summed E-state index contributed by atoms with van der Waals surface area (Å²) in [5, 5.41) is 0. The molecule has 0 amide bonds. The van der Waals surface area contributed by atoms with Crippen molar-refractivity contribution in [1.29, 1.82) is 0 Å². The van der Waals surface area contributed by atoms with Crippen molar-refractivity contribution >= 4 is 0 Å². The van der Waals surface area contributed by atoms with Crippen LogP contribution in [-0.2, 0) is 0 Å². The number of nitrogens with zero attached hydrogens (tertiary/aromatic N) is 1. The Kier molecular flexibility index (Phi) is 2.66. The van der Waals surface area contributed by atoms with Crippen LogP contribution in [0.3, 0.4) is 0 Å². The van der Waals surface area contributed by atoms with Crippen molar-refractivity contribution in [2.24, 2.45) is 5.92 Å². The van der Waals surface area contributed by atoms with E-state index >= 15 is 0 Å². The van der Waals surface area contributed by atoms with Gasteiger partial charge >= 0.3 is 0 Å². The van der Waals surface area contributed by atoms with Crippen molar-refractivity contribution in [3.05, 3.63) is 11.1 Å². The predicted molar refractivity (Wildman–Crippen MR) is 72.8 cm³/mol. The molecule has 1 aliphatic carbocycles. The second-order valence-corrected chi connectivity index (χ2v) is 7.12. The van der Waals surface area contributed by atoms with Gasteiger partial charge in [0.2, 0.25) is 0 Å². The first-order valence-corrected chi connectivity index (χ1v) is 7.65.